The van der Waals surface area contributed by atoms with E-state index in [1.807, 2.05) is 36.4 Å². The second-order valence-corrected chi connectivity index (χ2v) is 5.64. The molecule has 0 radical (unpaired) electrons. The summed E-state index contributed by atoms with van der Waals surface area (Å²) in [5.41, 5.74) is 5.36. The molecule has 3 N–H and O–H groups in total. The molecule has 3 aromatic rings. The van der Waals surface area contributed by atoms with Crippen molar-refractivity contribution in [1.29, 1.82) is 0 Å². The van der Waals surface area contributed by atoms with Crippen molar-refractivity contribution in [2.24, 2.45) is 5.84 Å². The Balaban J connectivity index is 2.18. The van der Waals surface area contributed by atoms with Crippen molar-refractivity contribution in [1.82, 2.24) is 10.4 Å². The Morgan fingerprint density at radius 3 is 2.76 bits per heavy atom. The van der Waals surface area contributed by atoms with E-state index < -0.39 is 0 Å². The van der Waals surface area contributed by atoms with E-state index in [2.05, 4.69) is 26.3 Å². The topological polar surface area (TPSA) is 50.9 Å². The van der Waals surface area contributed by atoms with E-state index in [4.69, 9.17) is 5.84 Å². The second-order valence-electron chi connectivity index (χ2n) is 4.72. The summed E-state index contributed by atoms with van der Waals surface area (Å²) in [6.45, 7) is 0. The Morgan fingerprint density at radius 2 is 2.00 bits per heavy atom. The van der Waals surface area contributed by atoms with Crippen LogP contribution in [0.25, 0.3) is 10.9 Å². The van der Waals surface area contributed by atoms with E-state index in [9.17, 15) is 4.39 Å². The molecule has 0 bridgehead atoms. The molecule has 0 aliphatic rings. The van der Waals surface area contributed by atoms with Crippen LogP contribution in [-0.2, 0) is 0 Å². The van der Waals surface area contributed by atoms with Gasteiger partial charge in [0.1, 0.15) is 5.82 Å². The normalized spacial score (nSPS) is 12.5. The molecule has 5 heteroatoms. The van der Waals surface area contributed by atoms with Crippen LogP contribution in [0.5, 0.6) is 0 Å². The zero-order valence-corrected chi connectivity index (χ0v) is 12.6. The first-order chi connectivity index (χ1) is 10.2. The number of hydrazine groups is 1. The summed E-state index contributed by atoms with van der Waals surface area (Å²) in [7, 11) is 0. The number of benzene rings is 2. The largest absolute Gasteiger partial charge is 0.271 e. The van der Waals surface area contributed by atoms with Crippen LogP contribution in [-0.4, -0.2) is 4.98 Å². The lowest BCUT2D eigenvalue weighted by molar-refractivity contribution is 0.605. The fourth-order valence-corrected chi connectivity index (χ4v) is 2.97. The molecular formula is C16H13BrFN3. The van der Waals surface area contributed by atoms with Crippen LogP contribution in [0, 0.1) is 5.82 Å². The molecule has 1 aromatic heterocycles. The van der Waals surface area contributed by atoms with Gasteiger partial charge in [0.05, 0.1) is 11.6 Å². The number of fused-ring (bicyclic) bond motifs is 1. The zero-order chi connectivity index (χ0) is 14.8. The molecule has 0 saturated heterocycles. The maximum absolute atomic E-state index is 13.6. The van der Waals surface area contributed by atoms with Gasteiger partial charge in [-0.15, -0.1) is 0 Å². The molecule has 0 aliphatic carbocycles. The third kappa shape index (κ3) is 2.81. The van der Waals surface area contributed by atoms with Crippen LogP contribution < -0.4 is 11.3 Å². The molecular weight excluding hydrogens is 333 g/mol. The number of rotatable bonds is 3. The average molecular weight is 346 g/mol. The fourth-order valence-electron chi connectivity index (χ4n) is 2.49. The zero-order valence-electron chi connectivity index (χ0n) is 11.1. The van der Waals surface area contributed by atoms with Gasteiger partial charge in [-0.3, -0.25) is 10.8 Å². The summed E-state index contributed by atoms with van der Waals surface area (Å²) in [6, 6.07) is 14.1. The van der Waals surface area contributed by atoms with Crippen molar-refractivity contribution >= 4 is 26.8 Å². The lowest BCUT2D eigenvalue weighted by Crippen LogP contribution is -2.29. The monoisotopic (exact) mass is 345 g/mol. The van der Waals surface area contributed by atoms with Crippen LogP contribution in [0.15, 0.2) is 59.2 Å². The second kappa shape index (κ2) is 5.89. The van der Waals surface area contributed by atoms with Gasteiger partial charge < -0.3 is 0 Å². The number of nitrogens with two attached hydrogens (primary N) is 1. The van der Waals surface area contributed by atoms with Crippen molar-refractivity contribution in [2.75, 3.05) is 0 Å². The highest BCUT2D eigenvalue weighted by atomic mass is 79.9. The van der Waals surface area contributed by atoms with Gasteiger partial charge >= 0.3 is 0 Å². The van der Waals surface area contributed by atoms with Crippen LogP contribution in [0.3, 0.4) is 0 Å². The van der Waals surface area contributed by atoms with E-state index in [0.29, 0.717) is 4.47 Å². The third-order valence-corrected chi connectivity index (χ3v) is 3.83. The number of hydrogen-bond acceptors (Lipinski definition) is 3. The average Bonchev–Trinajstić information content (AvgIpc) is 2.47. The van der Waals surface area contributed by atoms with E-state index >= 15 is 0 Å². The first-order valence-corrected chi connectivity index (χ1v) is 7.24. The molecule has 1 heterocycles. The minimum Gasteiger partial charge on any atom is -0.271 e. The van der Waals surface area contributed by atoms with Gasteiger partial charge in [-0.05, 0) is 41.5 Å². The van der Waals surface area contributed by atoms with Crippen LogP contribution in [0.4, 0.5) is 4.39 Å². The molecule has 0 amide bonds. The lowest BCUT2D eigenvalue weighted by atomic mass is 9.95. The summed E-state index contributed by atoms with van der Waals surface area (Å²) >= 11 is 3.31. The van der Waals surface area contributed by atoms with Crippen LogP contribution in [0.1, 0.15) is 17.2 Å². The molecule has 0 spiro atoms. The van der Waals surface area contributed by atoms with Crippen molar-refractivity contribution in [3.05, 3.63) is 76.1 Å². The van der Waals surface area contributed by atoms with Gasteiger partial charge in [-0.2, -0.15) is 0 Å². The van der Waals surface area contributed by atoms with Gasteiger partial charge in [0.15, 0.2) is 0 Å². The highest BCUT2D eigenvalue weighted by molar-refractivity contribution is 9.10. The Labute approximate surface area is 130 Å². The Bertz CT molecular complexity index is 766. The van der Waals surface area contributed by atoms with E-state index in [1.54, 1.807) is 6.20 Å². The van der Waals surface area contributed by atoms with Gasteiger partial charge in [-0.1, -0.05) is 34.1 Å². The van der Waals surface area contributed by atoms with E-state index in [0.717, 1.165) is 22.0 Å². The minimum atomic E-state index is -0.315. The number of nitrogens with one attached hydrogen (secondary N) is 1. The number of nitrogens with zero attached hydrogens (tertiary/aromatic N) is 1. The quantitative estimate of drug-likeness (QED) is 0.562. The van der Waals surface area contributed by atoms with Gasteiger partial charge in [-0.25, -0.2) is 9.82 Å². The Hall–Kier alpha value is -1.82. The van der Waals surface area contributed by atoms with Crippen LogP contribution >= 0.6 is 15.9 Å². The van der Waals surface area contributed by atoms with Gasteiger partial charge in [0.25, 0.3) is 0 Å². The fraction of sp³-hybridized carbons (Fsp3) is 0.0625. The maximum Gasteiger partial charge on any atom is 0.124 e. The van der Waals surface area contributed by atoms with Gasteiger partial charge in [0.2, 0.25) is 0 Å². The molecule has 3 nitrogen and oxygen atoms in total. The standard InChI is InChI=1S/C16H13BrFN3/c17-11-7-10(8-12(18)9-11)16(21-19)14-3-1-5-15-13(14)4-2-6-20-15/h1-9,16,21H,19H2. The minimum absolute atomic E-state index is 0.307. The first-order valence-electron chi connectivity index (χ1n) is 6.45. The van der Waals surface area contributed by atoms with Crippen molar-refractivity contribution in [3.8, 4) is 0 Å². The van der Waals surface area contributed by atoms with E-state index in [-0.39, 0.29) is 11.9 Å². The molecule has 106 valence electrons. The number of hydrogen-bond donors (Lipinski definition) is 2. The first kappa shape index (κ1) is 14.1. The van der Waals surface area contributed by atoms with E-state index in [1.165, 1.54) is 12.1 Å². The SMILES string of the molecule is NNC(c1cc(F)cc(Br)c1)c1cccc2ncccc12. The molecule has 1 unspecified atom stereocenters. The molecule has 1 atom stereocenters. The molecule has 3 rings (SSSR count). The van der Waals surface area contributed by atoms with Crippen molar-refractivity contribution < 1.29 is 4.39 Å². The number of aromatic nitrogens is 1. The molecule has 0 fully saturated rings. The van der Waals surface area contributed by atoms with Crippen molar-refractivity contribution in [2.45, 2.75) is 6.04 Å². The number of pyridine rings is 1. The summed E-state index contributed by atoms with van der Waals surface area (Å²) in [5.74, 6) is 5.41. The molecule has 0 saturated carbocycles. The smallest absolute Gasteiger partial charge is 0.124 e. The highest BCUT2D eigenvalue weighted by Crippen LogP contribution is 2.29. The molecule has 0 aliphatic heterocycles. The summed E-state index contributed by atoms with van der Waals surface area (Å²) < 4.78 is 14.3. The third-order valence-electron chi connectivity index (χ3n) is 3.38. The summed E-state index contributed by atoms with van der Waals surface area (Å²) in [5, 5.41) is 0.989. The molecule has 21 heavy (non-hydrogen) atoms. The lowest BCUT2D eigenvalue weighted by Gasteiger charge is -2.19. The number of halogens is 2. The highest BCUT2D eigenvalue weighted by Gasteiger charge is 2.16. The predicted molar refractivity (Wildman–Crippen MR) is 85.0 cm³/mol. The summed E-state index contributed by atoms with van der Waals surface area (Å²) in [4.78, 5) is 4.34. The predicted octanol–water partition coefficient (Wildman–Crippen LogP) is 3.69. The maximum atomic E-state index is 13.6. The molecule has 2 aromatic carbocycles. The Morgan fingerprint density at radius 1 is 1.14 bits per heavy atom. The van der Waals surface area contributed by atoms with Crippen LogP contribution in [0.2, 0.25) is 0 Å². The summed E-state index contributed by atoms with van der Waals surface area (Å²) in [6.07, 6.45) is 1.75. The van der Waals surface area contributed by atoms with Gasteiger partial charge in [0, 0.05) is 16.1 Å². The van der Waals surface area contributed by atoms with Crippen molar-refractivity contribution in [3.63, 3.8) is 0 Å². The Kier molecular flexibility index (Phi) is 3.96.